The fraction of sp³-hybridized carbons (Fsp3) is 0.111. The van der Waals surface area contributed by atoms with Crippen molar-refractivity contribution in [1.82, 2.24) is 0 Å². The molecule has 0 unspecified atom stereocenters. The highest BCUT2D eigenvalue weighted by atomic mass is 35.5. The molecule has 0 saturated heterocycles. The summed E-state index contributed by atoms with van der Waals surface area (Å²) in [5, 5.41) is 10.7. The van der Waals surface area contributed by atoms with Crippen LogP contribution in [0.4, 0.5) is 0 Å². The SMILES string of the molecule is NC(=O)c1sc2cc(OCc3ccc(Cl)cc3Cl)ccc2c1SCC(=O)O. The summed E-state index contributed by atoms with van der Waals surface area (Å²) in [5.74, 6) is -1.10. The number of nitrogens with two attached hydrogens (primary N) is 1. The van der Waals surface area contributed by atoms with E-state index in [1.807, 2.05) is 0 Å². The first-order valence-electron chi connectivity index (χ1n) is 7.63. The molecule has 0 aliphatic carbocycles. The number of halogens is 2. The number of hydrogen-bond acceptors (Lipinski definition) is 5. The second kappa shape index (κ2) is 8.39. The predicted octanol–water partition coefficient (Wildman–Crippen LogP) is 5.06. The number of hydrogen-bond donors (Lipinski definition) is 2. The third kappa shape index (κ3) is 4.68. The largest absolute Gasteiger partial charge is 0.489 e. The van der Waals surface area contributed by atoms with Crippen molar-refractivity contribution in [2.24, 2.45) is 5.73 Å². The highest BCUT2D eigenvalue weighted by molar-refractivity contribution is 8.00. The second-order valence-electron chi connectivity index (χ2n) is 5.49. The van der Waals surface area contributed by atoms with Crippen molar-refractivity contribution in [3.63, 3.8) is 0 Å². The summed E-state index contributed by atoms with van der Waals surface area (Å²) >= 11 is 14.3. The monoisotopic (exact) mass is 441 g/mol. The van der Waals surface area contributed by atoms with Gasteiger partial charge in [-0.15, -0.1) is 23.1 Å². The average Bonchev–Trinajstić information content (AvgIpc) is 2.97. The van der Waals surface area contributed by atoms with E-state index >= 15 is 0 Å². The summed E-state index contributed by atoms with van der Waals surface area (Å²) < 4.78 is 6.58. The molecule has 0 aliphatic rings. The number of thiophene rings is 1. The molecule has 1 amide bonds. The van der Waals surface area contributed by atoms with Gasteiger partial charge in [-0.3, -0.25) is 9.59 Å². The van der Waals surface area contributed by atoms with Crippen LogP contribution in [0.5, 0.6) is 5.75 Å². The van der Waals surface area contributed by atoms with Crippen LogP contribution < -0.4 is 10.5 Å². The molecular formula is C18H13Cl2NO4S2. The molecule has 0 fully saturated rings. The Morgan fingerprint density at radius 3 is 2.63 bits per heavy atom. The molecule has 3 aromatic rings. The minimum absolute atomic E-state index is 0.153. The van der Waals surface area contributed by atoms with Crippen LogP contribution in [0.1, 0.15) is 15.2 Å². The Morgan fingerprint density at radius 2 is 1.96 bits per heavy atom. The maximum absolute atomic E-state index is 11.7. The van der Waals surface area contributed by atoms with Gasteiger partial charge in [0.2, 0.25) is 0 Å². The average molecular weight is 442 g/mol. The number of primary amides is 1. The van der Waals surface area contributed by atoms with Gasteiger partial charge in [-0.1, -0.05) is 29.3 Å². The molecule has 1 heterocycles. The summed E-state index contributed by atoms with van der Waals surface area (Å²) in [6, 6.07) is 10.5. The van der Waals surface area contributed by atoms with Crippen molar-refractivity contribution in [3.8, 4) is 5.75 Å². The van der Waals surface area contributed by atoms with E-state index in [9.17, 15) is 9.59 Å². The maximum Gasteiger partial charge on any atom is 0.313 e. The van der Waals surface area contributed by atoms with Crippen molar-refractivity contribution >= 4 is 68.3 Å². The van der Waals surface area contributed by atoms with Gasteiger partial charge in [-0.05, 0) is 30.3 Å². The zero-order valence-electron chi connectivity index (χ0n) is 13.7. The number of thioether (sulfide) groups is 1. The Bertz CT molecular complexity index is 1040. The Labute approximate surface area is 173 Å². The molecule has 0 radical (unpaired) electrons. The van der Waals surface area contributed by atoms with Crippen LogP contribution in [0.25, 0.3) is 10.1 Å². The van der Waals surface area contributed by atoms with Crippen LogP contribution in [-0.4, -0.2) is 22.7 Å². The Hall–Kier alpha value is -1.93. The van der Waals surface area contributed by atoms with Gasteiger partial charge in [0.1, 0.15) is 17.2 Å². The normalized spacial score (nSPS) is 10.9. The number of rotatable bonds is 7. The summed E-state index contributed by atoms with van der Waals surface area (Å²) in [4.78, 5) is 23.5. The molecule has 0 bridgehead atoms. The van der Waals surface area contributed by atoms with Gasteiger partial charge in [0.25, 0.3) is 5.91 Å². The Morgan fingerprint density at radius 1 is 1.19 bits per heavy atom. The molecule has 27 heavy (non-hydrogen) atoms. The Balaban J connectivity index is 1.86. The van der Waals surface area contributed by atoms with Gasteiger partial charge in [0.05, 0.1) is 5.75 Å². The number of carboxylic acid groups (broad SMARTS) is 1. The lowest BCUT2D eigenvalue weighted by atomic mass is 10.2. The van der Waals surface area contributed by atoms with E-state index < -0.39 is 11.9 Å². The van der Waals surface area contributed by atoms with Gasteiger partial charge in [-0.2, -0.15) is 0 Å². The van der Waals surface area contributed by atoms with Crippen molar-refractivity contribution < 1.29 is 19.4 Å². The first kappa shape index (κ1) is 19.8. The molecule has 1 aromatic heterocycles. The topological polar surface area (TPSA) is 89.6 Å². The minimum Gasteiger partial charge on any atom is -0.489 e. The molecular weight excluding hydrogens is 429 g/mol. The van der Waals surface area contributed by atoms with E-state index in [-0.39, 0.29) is 12.4 Å². The van der Waals surface area contributed by atoms with Crippen molar-refractivity contribution in [1.29, 1.82) is 0 Å². The molecule has 0 spiro atoms. The number of ether oxygens (including phenoxy) is 1. The first-order chi connectivity index (χ1) is 12.8. The molecule has 5 nitrogen and oxygen atoms in total. The number of carbonyl (C=O) groups excluding carboxylic acids is 1. The van der Waals surface area contributed by atoms with E-state index in [0.717, 1.165) is 27.4 Å². The van der Waals surface area contributed by atoms with E-state index in [1.165, 1.54) is 11.3 Å². The summed E-state index contributed by atoms with van der Waals surface area (Å²) in [6.07, 6.45) is 0. The van der Waals surface area contributed by atoms with Gasteiger partial charge in [0.15, 0.2) is 0 Å². The molecule has 0 saturated carbocycles. The standard InChI is InChI=1S/C18H13Cl2NO4S2/c19-10-2-1-9(13(20)5-10)7-25-11-3-4-12-14(6-11)27-17(18(21)24)16(12)26-8-15(22)23/h1-6H,7-8H2,(H2,21,24)(H,22,23). The maximum atomic E-state index is 11.7. The highest BCUT2D eigenvalue weighted by Crippen LogP contribution is 2.39. The van der Waals surface area contributed by atoms with Crippen LogP contribution in [0, 0.1) is 0 Å². The lowest BCUT2D eigenvalue weighted by molar-refractivity contribution is -0.133. The van der Waals surface area contributed by atoms with Crippen LogP contribution in [0.3, 0.4) is 0 Å². The highest BCUT2D eigenvalue weighted by Gasteiger charge is 2.18. The number of carboxylic acids is 1. The number of fused-ring (bicyclic) bond motifs is 1. The van der Waals surface area contributed by atoms with Crippen molar-refractivity contribution in [2.45, 2.75) is 11.5 Å². The lowest BCUT2D eigenvalue weighted by Gasteiger charge is -2.08. The predicted molar refractivity (Wildman–Crippen MR) is 109 cm³/mol. The number of carbonyl (C=O) groups is 2. The third-order valence-corrected chi connectivity index (χ3v) is 6.58. The molecule has 0 atom stereocenters. The van der Waals surface area contributed by atoms with Gasteiger partial charge < -0.3 is 15.6 Å². The van der Waals surface area contributed by atoms with Crippen LogP contribution in [-0.2, 0) is 11.4 Å². The van der Waals surface area contributed by atoms with Gasteiger partial charge in [-0.25, -0.2) is 0 Å². The van der Waals surface area contributed by atoms with E-state index in [4.69, 9.17) is 38.8 Å². The molecule has 2 aromatic carbocycles. The first-order valence-corrected chi connectivity index (χ1v) is 10.2. The second-order valence-corrected chi connectivity index (χ2v) is 8.37. The zero-order chi connectivity index (χ0) is 19.6. The van der Waals surface area contributed by atoms with Crippen molar-refractivity contribution in [2.75, 3.05) is 5.75 Å². The number of benzene rings is 2. The van der Waals surface area contributed by atoms with Gasteiger partial charge in [0, 0.05) is 30.6 Å². The van der Waals surface area contributed by atoms with Crippen LogP contribution >= 0.6 is 46.3 Å². The fourth-order valence-corrected chi connectivity index (χ4v) is 5.02. The molecule has 140 valence electrons. The zero-order valence-corrected chi connectivity index (χ0v) is 16.8. The molecule has 3 rings (SSSR count). The van der Waals surface area contributed by atoms with E-state index in [0.29, 0.717) is 25.6 Å². The van der Waals surface area contributed by atoms with Crippen molar-refractivity contribution in [3.05, 3.63) is 56.9 Å². The number of aliphatic carboxylic acids is 1. The smallest absolute Gasteiger partial charge is 0.313 e. The summed E-state index contributed by atoms with van der Waals surface area (Å²) in [7, 11) is 0. The van der Waals surface area contributed by atoms with Crippen LogP contribution in [0.2, 0.25) is 10.0 Å². The summed E-state index contributed by atoms with van der Waals surface area (Å²) in [6.45, 7) is 0.260. The van der Waals surface area contributed by atoms with E-state index in [1.54, 1.807) is 36.4 Å². The minimum atomic E-state index is -0.963. The molecule has 9 heteroatoms. The lowest BCUT2D eigenvalue weighted by Crippen LogP contribution is -2.10. The molecule has 3 N–H and O–H groups in total. The molecule has 0 aliphatic heterocycles. The van der Waals surface area contributed by atoms with E-state index in [2.05, 4.69) is 0 Å². The number of amides is 1. The quantitative estimate of drug-likeness (QED) is 0.499. The fourth-order valence-electron chi connectivity index (χ4n) is 2.38. The van der Waals surface area contributed by atoms with Crippen LogP contribution in [0.15, 0.2) is 41.3 Å². The summed E-state index contributed by atoms with van der Waals surface area (Å²) in [5.41, 5.74) is 6.23. The van der Waals surface area contributed by atoms with Gasteiger partial charge >= 0.3 is 5.97 Å². The third-order valence-electron chi connectivity index (χ3n) is 3.59. The Kier molecular flexibility index (Phi) is 6.16.